The van der Waals surface area contributed by atoms with Crippen molar-refractivity contribution in [1.29, 1.82) is 0 Å². The molecular formula is C25H21N3O4. The molecule has 0 aliphatic carbocycles. The van der Waals surface area contributed by atoms with Gasteiger partial charge in [-0.1, -0.05) is 18.2 Å². The first-order valence-corrected chi connectivity index (χ1v) is 9.86. The van der Waals surface area contributed by atoms with Crippen LogP contribution >= 0.6 is 0 Å². The minimum atomic E-state index is -0.229. The van der Waals surface area contributed by atoms with E-state index in [9.17, 15) is 4.79 Å². The van der Waals surface area contributed by atoms with Crippen LogP contribution in [0.1, 0.15) is 10.4 Å². The minimum Gasteiger partial charge on any atom is -0.497 e. The van der Waals surface area contributed by atoms with Gasteiger partial charge >= 0.3 is 0 Å². The summed E-state index contributed by atoms with van der Waals surface area (Å²) < 4.78 is 16.0. The molecule has 0 bridgehead atoms. The third kappa shape index (κ3) is 5.02. The number of amides is 1. The zero-order valence-corrected chi connectivity index (χ0v) is 17.6. The molecule has 4 rings (SSSR count). The number of anilines is 1. The number of carbonyl (C=O) groups is 1. The van der Waals surface area contributed by atoms with E-state index in [2.05, 4.69) is 15.5 Å². The van der Waals surface area contributed by atoms with Gasteiger partial charge in [-0.05, 0) is 54.6 Å². The summed E-state index contributed by atoms with van der Waals surface area (Å²) in [6.07, 6.45) is 0. The van der Waals surface area contributed by atoms with Gasteiger partial charge in [0.25, 0.3) is 5.91 Å². The fourth-order valence-corrected chi connectivity index (χ4v) is 3.02. The number of benzene rings is 3. The maximum absolute atomic E-state index is 12.7. The summed E-state index contributed by atoms with van der Waals surface area (Å²) in [4.78, 5) is 12.7. The zero-order chi connectivity index (χ0) is 22.3. The Kier molecular flexibility index (Phi) is 6.27. The van der Waals surface area contributed by atoms with E-state index in [1.165, 1.54) is 0 Å². The fraction of sp³-hybridized carbons (Fsp3) is 0.0800. The Morgan fingerprint density at radius 1 is 0.750 bits per heavy atom. The van der Waals surface area contributed by atoms with Crippen LogP contribution in [0.15, 0.2) is 84.9 Å². The van der Waals surface area contributed by atoms with Crippen LogP contribution in [0.2, 0.25) is 0 Å². The number of hydrogen-bond acceptors (Lipinski definition) is 6. The second-order valence-corrected chi connectivity index (χ2v) is 6.80. The first-order valence-electron chi connectivity index (χ1n) is 9.86. The molecule has 0 aliphatic heterocycles. The van der Waals surface area contributed by atoms with E-state index >= 15 is 0 Å². The van der Waals surface area contributed by atoms with Crippen LogP contribution < -0.4 is 19.5 Å². The average Bonchev–Trinajstić information content (AvgIpc) is 2.85. The van der Waals surface area contributed by atoms with Gasteiger partial charge in [-0.3, -0.25) is 4.79 Å². The Labute approximate surface area is 185 Å². The van der Waals surface area contributed by atoms with Crippen molar-refractivity contribution in [1.82, 2.24) is 10.2 Å². The lowest BCUT2D eigenvalue weighted by molar-refractivity contribution is 0.102. The lowest BCUT2D eigenvalue weighted by atomic mass is 10.1. The maximum atomic E-state index is 12.7. The van der Waals surface area contributed by atoms with Gasteiger partial charge in [-0.25, -0.2) is 0 Å². The summed E-state index contributed by atoms with van der Waals surface area (Å²) in [5.74, 6) is 2.18. The standard InChI is InChI=1S/C25H21N3O4/c1-30-20-9-11-21(12-10-20)32-24-14-13-23(27-28-24)17-5-3-6-18(15-17)25(29)26-19-7-4-8-22(16-19)31-2/h3-16H,1-2H3,(H,26,29). The third-order valence-electron chi connectivity index (χ3n) is 4.67. The van der Waals surface area contributed by atoms with E-state index in [-0.39, 0.29) is 5.91 Å². The highest BCUT2D eigenvalue weighted by atomic mass is 16.5. The molecule has 1 N–H and O–H groups in total. The topological polar surface area (TPSA) is 82.6 Å². The Morgan fingerprint density at radius 2 is 1.50 bits per heavy atom. The van der Waals surface area contributed by atoms with Crippen LogP contribution in [0.25, 0.3) is 11.3 Å². The molecule has 32 heavy (non-hydrogen) atoms. The van der Waals surface area contributed by atoms with E-state index in [4.69, 9.17) is 14.2 Å². The highest BCUT2D eigenvalue weighted by Gasteiger charge is 2.10. The van der Waals surface area contributed by atoms with Gasteiger partial charge < -0.3 is 19.5 Å². The molecule has 0 unspecified atom stereocenters. The molecule has 160 valence electrons. The molecule has 1 aromatic heterocycles. The highest BCUT2D eigenvalue weighted by Crippen LogP contribution is 2.24. The average molecular weight is 427 g/mol. The van der Waals surface area contributed by atoms with Crippen molar-refractivity contribution in [2.75, 3.05) is 19.5 Å². The molecule has 4 aromatic rings. The molecule has 1 heterocycles. The minimum absolute atomic E-state index is 0.229. The van der Waals surface area contributed by atoms with Gasteiger partial charge in [0, 0.05) is 28.9 Å². The summed E-state index contributed by atoms with van der Waals surface area (Å²) in [5, 5.41) is 11.2. The molecule has 0 radical (unpaired) electrons. The summed E-state index contributed by atoms with van der Waals surface area (Å²) in [5.41, 5.74) is 2.56. The Hall–Kier alpha value is -4.39. The highest BCUT2D eigenvalue weighted by molar-refractivity contribution is 6.05. The maximum Gasteiger partial charge on any atom is 0.255 e. The van der Waals surface area contributed by atoms with Gasteiger partial charge in [0.15, 0.2) is 0 Å². The SMILES string of the molecule is COc1ccc(Oc2ccc(-c3cccc(C(=O)Nc4cccc(OC)c4)c3)nn2)cc1. The van der Waals surface area contributed by atoms with Gasteiger partial charge in [0.1, 0.15) is 17.2 Å². The van der Waals surface area contributed by atoms with Crippen molar-refractivity contribution in [3.8, 4) is 34.4 Å². The number of hydrogen-bond donors (Lipinski definition) is 1. The quantitative estimate of drug-likeness (QED) is 0.436. The van der Waals surface area contributed by atoms with Crippen LogP contribution in [0.4, 0.5) is 5.69 Å². The largest absolute Gasteiger partial charge is 0.497 e. The first-order chi connectivity index (χ1) is 15.6. The predicted octanol–water partition coefficient (Wildman–Crippen LogP) is 5.21. The number of nitrogens with one attached hydrogen (secondary N) is 1. The smallest absolute Gasteiger partial charge is 0.255 e. The third-order valence-corrected chi connectivity index (χ3v) is 4.67. The molecule has 1 amide bonds. The molecule has 7 heteroatoms. The van der Waals surface area contributed by atoms with Crippen molar-refractivity contribution >= 4 is 11.6 Å². The molecule has 7 nitrogen and oxygen atoms in total. The molecule has 0 fully saturated rings. The van der Waals surface area contributed by atoms with Crippen molar-refractivity contribution < 1.29 is 19.0 Å². The van der Waals surface area contributed by atoms with Crippen molar-refractivity contribution in [2.45, 2.75) is 0 Å². The normalized spacial score (nSPS) is 10.3. The Morgan fingerprint density at radius 3 is 2.22 bits per heavy atom. The van der Waals surface area contributed by atoms with Gasteiger partial charge in [-0.2, -0.15) is 0 Å². The summed E-state index contributed by atoms with van der Waals surface area (Å²) in [7, 11) is 3.19. The summed E-state index contributed by atoms with van der Waals surface area (Å²) >= 11 is 0. The second kappa shape index (κ2) is 9.61. The van der Waals surface area contributed by atoms with Gasteiger partial charge in [0.05, 0.1) is 19.9 Å². The molecule has 0 saturated heterocycles. The molecule has 3 aromatic carbocycles. The van der Waals surface area contributed by atoms with Crippen LogP contribution in [0.5, 0.6) is 23.1 Å². The number of rotatable bonds is 7. The van der Waals surface area contributed by atoms with Crippen LogP contribution in [0, 0.1) is 0 Å². The molecule has 0 spiro atoms. The van der Waals surface area contributed by atoms with Crippen molar-refractivity contribution in [2.24, 2.45) is 0 Å². The lowest BCUT2D eigenvalue weighted by Gasteiger charge is -2.09. The summed E-state index contributed by atoms with van der Waals surface area (Å²) in [6, 6.07) is 25.1. The summed E-state index contributed by atoms with van der Waals surface area (Å²) in [6.45, 7) is 0. The van der Waals surface area contributed by atoms with Crippen LogP contribution in [-0.4, -0.2) is 30.3 Å². The van der Waals surface area contributed by atoms with E-state index in [1.807, 2.05) is 18.2 Å². The van der Waals surface area contributed by atoms with E-state index in [1.54, 1.807) is 80.9 Å². The van der Waals surface area contributed by atoms with Crippen LogP contribution in [-0.2, 0) is 0 Å². The monoisotopic (exact) mass is 427 g/mol. The fourth-order valence-electron chi connectivity index (χ4n) is 3.02. The second-order valence-electron chi connectivity index (χ2n) is 6.80. The van der Waals surface area contributed by atoms with E-state index < -0.39 is 0 Å². The number of methoxy groups -OCH3 is 2. The molecular weight excluding hydrogens is 406 g/mol. The lowest BCUT2D eigenvalue weighted by Crippen LogP contribution is -2.12. The predicted molar refractivity (Wildman–Crippen MR) is 121 cm³/mol. The molecule has 0 atom stereocenters. The van der Waals surface area contributed by atoms with E-state index in [0.717, 1.165) is 11.3 Å². The number of nitrogens with zero attached hydrogens (tertiary/aromatic N) is 2. The van der Waals surface area contributed by atoms with Gasteiger partial charge in [0.2, 0.25) is 5.88 Å². The molecule has 0 saturated carbocycles. The number of ether oxygens (including phenoxy) is 3. The van der Waals surface area contributed by atoms with E-state index in [0.29, 0.717) is 34.3 Å². The zero-order valence-electron chi connectivity index (χ0n) is 17.6. The van der Waals surface area contributed by atoms with Gasteiger partial charge in [-0.15, -0.1) is 10.2 Å². The Bertz CT molecular complexity index is 1210. The number of carbonyl (C=O) groups excluding carboxylic acids is 1. The Balaban J connectivity index is 1.46. The number of aromatic nitrogens is 2. The van der Waals surface area contributed by atoms with Crippen molar-refractivity contribution in [3.63, 3.8) is 0 Å². The molecule has 0 aliphatic rings. The first kappa shape index (κ1) is 20.9. The van der Waals surface area contributed by atoms with Crippen molar-refractivity contribution in [3.05, 3.63) is 90.5 Å². The van der Waals surface area contributed by atoms with Crippen LogP contribution in [0.3, 0.4) is 0 Å².